The first-order chi connectivity index (χ1) is 20.3. The van der Waals surface area contributed by atoms with E-state index in [1.54, 1.807) is 7.11 Å². The van der Waals surface area contributed by atoms with Gasteiger partial charge in [0.05, 0.1) is 0 Å². The number of hydrogen-bond donors (Lipinski definition) is 0. The first-order valence-electron chi connectivity index (χ1n) is 19.3. The van der Waals surface area contributed by atoms with Gasteiger partial charge in [0.2, 0.25) is 0 Å². The minimum absolute atomic E-state index is 0.234. The van der Waals surface area contributed by atoms with Gasteiger partial charge in [0.25, 0.3) is 0 Å². The van der Waals surface area contributed by atoms with Crippen LogP contribution in [0, 0.1) is 41.4 Å². The molecule has 258 valence electrons. The standard InChI is InChI=1S/C41H82O2/c1-33(2)19-14-22-36(5)25-17-28-37(6)26-15-23-34(3)20-12-13-21-35(4)24-16-27-38(7)29-18-30-39(8)31-32-40(42)41(9,10)43-11/h33-39H,12-32H2,1-11H3/t34?,35?,36?,37?,38?,39-/m0/s1. The molecule has 0 aliphatic carbocycles. The number of methoxy groups -OCH3 is 1. The molecule has 0 amide bonds. The fourth-order valence-corrected chi connectivity index (χ4v) is 6.78. The van der Waals surface area contributed by atoms with Crippen LogP contribution in [-0.2, 0) is 9.53 Å². The molecule has 2 heteroatoms. The zero-order valence-corrected chi connectivity index (χ0v) is 31.7. The molecule has 0 aromatic carbocycles. The predicted octanol–water partition coefficient (Wildman–Crippen LogP) is 13.6. The molecule has 0 heterocycles. The van der Waals surface area contributed by atoms with Crippen molar-refractivity contribution < 1.29 is 9.53 Å². The van der Waals surface area contributed by atoms with Crippen molar-refractivity contribution in [2.45, 2.75) is 210 Å². The van der Waals surface area contributed by atoms with Crippen molar-refractivity contribution in [3.05, 3.63) is 0 Å². The van der Waals surface area contributed by atoms with E-state index in [1.807, 2.05) is 13.8 Å². The number of Topliss-reactive ketones (excluding diaryl/α,β-unsaturated/α-hetero) is 1. The van der Waals surface area contributed by atoms with Crippen LogP contribution in [0.3, 0.4) is 0 Å². The highest BCUT2D eigenvalue weighted by atomic mass is 16.5. The molecule has 0 saturated carbocycles. The number of ether oxygens (including phenoxy) is 1. The minimum atomic E-state index is -0.632. The zero-order chi connectivity index (χ0) is 32.7. The maximum absolute atomic E-state index is 12.3. The van der Waals surface area contributed by atoms with Crippen molar-refractivity contribution in [2.24, 2.45) is 41.4 Å². The van der Waals surface area contributed by atoms with E-state index >= 15 is 0 Å². The maximum Gasteiger partial charge on any atom is 0.164 e. The molecular formula is C41H82O2. The molecule has 0 aromatic rings. The third-order valence-corrected chi connectivity index (χ3v) is 10.7. The molecule has 2 nitrogen and oxygen atoms in total. The molecule has 0 aromatic heterocycles. The number of hydrogen-bond acceptors (Lipinski definition) is 2. The summed E-state index contributed by atoms with van der Waals surface area (Å²) in [5.74, 6) is 6.19. The Hall–Kier alpha value is -0.370. The first kappa shape index (κ1) is 42.6. The van der Waals surface area contributed by atoms with Crippen LogP contribution in [0.1, 0.15) is 204 Å². The molecule has 6 atom stereocenters. The van der Waals surface area contributed by atoms with E-state index in [1.165, 1.54) is 122 Å². The Bertz CT molecular complexity index is 638. The van der Waals surface area contributed by atoms with E-state index < -0.39 is 5.60 Å². The van der Waals surface area contributed by atoms with Crippen LogP contribution < -0.4 is 0 Å². The Morgan fingerprint density at radius 1 is 0.442 bits per heavy atom. The van der Waals surface area contributed by atoms with Gasteiger partial charge in [-0.2, -0.15) is 0 Å². The molecule has 5 unspecified atom stereocenters. The fourth-order valence-electron chi connectivity index (χ4n) is 6.78. The van der Waals surface area contributed by atoms with Gasteiger partial charge in [-0.05, 0) is 61.7 Å². The van der Waals surface area contributed by atoms with Crippen LogP contribution in [0.5, 0.6) is 0 Å². The SMILES string of the molecule is COC(C)(C)C(=O)CC[C@@H](C)CCCC(C)CCCC(C)CCCCC(C)CCCC(C)CCCC(C)CCCC(C)C. The van der Waals surface area contributed by atoms with Gasteiger partial charge in [0, 0.05) is 13.5 Å². The van der Waals surface area contributed by atoms with Crippen LogP contribution in [-0.4, -0.2) is 18.5 Å². The molecule has 0 aliphatic heterocycles. The van der Waals surface area contributed by atoms with Gasteiger partial charge >= 0.3 is 0 Å². The molecule has 0 aliphatic rings. The van der Waals surface area contributed by atoms with E-state index in [0.717, 1.165) is 41.9 Å². The Labute approximate surface area is 273 Å². The highest BCUT2D eigenvalue weighted by Gasteiger charge is 2.26. The Morgan fingerprint density at radius 2 is 0.698 bits per heavy atom. The first-order valence-corrected chi connectivity index (χ1v) is 19.3. The van der Waals surface area contributed by atoms with E-state index in [4.69, 9.17) is 4.74 Å². The van der Waals surface area contributed by atoms with E-state index in [-0.39, 0.29) is 5.78 Å². The summed E-state index contributed by atoms with van der Waals surface area (Å²) in [5, 5.41) is 0. The average molecular weight is 607 g/mol. The molecule has 0 rings (SSSR count). The highest BCUT2D eigenvalue weighted by molar-refractivity contribution is 5.86. The molecule has 0 fully saturated rings. The van der Waals surface area contributed by atoms with Gasteiger partial charge in [0.15, 0.2) is 5.78 Å². The summed E-state index contributed by atoms with van der Waals surface area (Å²) >= 11 is 0. The van der Waals surface area contributed by atoms with Crippen molar-refractivity contribution in [3.63, 3.8) is 0 Å². The van der Waals surface area contributed by atoms with Crippen LogP contribution in [0.15, 0.2) is 0 Å². The summed E-state index contributed by atoms with van der Waals surface area (Å²) in [5.41, 5.74) is -0.632. The summed E-state index contributed by atoms with van der Waals surface area (Å²) in [6.45, 7) is 23.2. The van der Waals surface area contributed by atoms with Crippen LogP contribution in [0.2, 0.25) is 0 Å². The monoisotopic (exact) mass is 607 g/mol. The zero-order valence-electron chi connectivity index (χ0n) is 31.7. The molecular weight excluding hydrogens is 524 g/mol. The van der Waals surface area contributed by atoms with Gasteiger partial charge in [-0.3, -0.25) is 4.79 Å². The van der Waals surface area contributed by atoms with Gasteiger partial charge in [0.1, 0.15) is 5.60 Å². The van der Waals surface area contributed by atoms with Gasteiger partial charge < -0.3 is 4.74 Å². The summed E-state index contributed by atoms with van der Waals surface area (Å²) in [6.07, 6.45) is 28.3. The molecule has 0 saturated heterocycles. The lowest BCUT2D eigenvalue weighted by atomic mass is 9.89. The van der Waals surface area contributed by atoms with E-state index in [9.17, 15) is 4.79 Å². The number of carbonyl (C=O) groups excluding carboxylic acids is 1. The lowest BCUT2D eigenvalue weighted by molar-refractivity contribution is -0.137. The lowest BCUT2D eigenvalue weighted by Gasteiger charge is -2.22. The Morgan fingerprint density at radius 3 is 0.977 bits per heavy atom. The predicted molar refractivity (Wildman–Crippen MR) is 193 cm³/mol. The lowest BCUT2D eigenvalue weighted by Crippen LogP contribution is -2.33. The normalized spacial score (nSPS) is 16.7. The largest absolute Gasteiger partial charge is 0.371 e. The van der Waals surface area contributed by atoms with E-state index in [2.05, 4.69) is 55.4 Å². The molecule has 43 heavy (non-hydrogen) atoms. The van der Waals surface area contributed by atoms with Gasteiger partial charge in [-0.25, -0.2) is 0 Å². The summed E-state index contributed by atoms with van der Waals surface area (Å²) in [6, 6.07) is 0. The third kappa shape index (κ3) is 25.5. The molecule has 0 bridgehead atoms. The quantitative estimate of drug-likeness (QED) is 0.0760. The van der Waals surface area contributed by atoms with Crippen LogP contribution in [0.25, 0.3) is 0 Å². The van der Waals surface area contributed by atoms with Gasteiger partial charge in [-0.15, -0.1) is 0 Å². The van der Waals surface area contributed by atoms with Gasteiger partial charge in [-0.1, -0.05) is 177 Å². The van der Waals surface area contributed by atoms with Crippen LogP contribution >= 0.6 is 0 Å². The van der Waals surface area contributed by atoms with Crippen molar-refractivity contribution in [2.75, 3.05) is 7.11 Å². The topological polar surface area (TPSA) is 26.3 Å². The maximum atomic E-state index is 12.3. The third-order valence-electron chi connectivity index (χ3n) is 10.7. The minimum Gasteiger partial charge on any atom is -0.371 e. The second-order valence-electron chi connectivity index (χ2n) is 16.6. The van der Waals surface area contributed by atoms with Crippen molar-refractivity contribution >= 4 is 5.78 Å². The molecule has 0 spiro atoms. The average Bonchev–Trinajstić information content (AvgIpc) is 2.93. The Balaban J connectivity index is 3.72. The second-order valence-corrected chi connectivity index (χ2v) is 16.6. The number of carbonyl (C=O) groups is 1. The second kappa shape index (κ2) is 25.8. The smallest absolute Gasteiger partial charge is 0.164 e. The summed E-state index contributed by atoms with van der Waals surface area (Å²) in [4.78, 5) is 12.3. The molecule has 0 radical (unpaired) electrons. The Kier molecular flexibility index (Phi) is 25.6. The van der Waals surface area contributed by atoms with E-state index in [0.29, 0.717) is 12.3 Å². The van der Waals surface area contributed by atoms with Crippen molar-refractivity contribution in [1.82, 2.24) is 0 Å². The number of rotatable bonds is 30. The molecule has 0 N–H and O–H groups in total. The highest BCUT2D eigenvalue weighted by Crippen LogP contribution is 2.26. The number of ketones is 1. The fraction of sp³-hybridized carbons (Fsp3) is 0.976. The number of unbranched alkanes of at least 4 members (excludes halogenated alkanes) is 1. The van der Waals surface area contributed by atoms with Crippen LogP contribution in [0.4, 0.5) is 0 Å². The van der Waals surface area contributed by atoms with Crippen molar-refractivity contribution in [1.29, 1.82) is 0 Å². The summed E-state index contributed by atoms with van der Waals surface area (Å²) in [7, 11) is 1.63. The van der Waals surface area contributed by atoms with Crippen molar-refractivity contribution in [3.8, 4) is 0 Å². The summed E-state index contributed by atoms with van der Waals surface area (Å²) < 4.78 is 5.33.